The summed E-state index contributed by atoms with van der Waals surface area (Å²) in [5.74, 6) is 0. The minimum Gasteiger partial charge on any atom is -1.00 e. The SMILES string of the molecule is O.O.O.O.O.O.O.O=S(=O)(O)O.[H-].[H-].[H-].[Mg+2].[Na+]. The molecule has 0 saturated carbocycles. The Balaban J connectivity index is -0.00000000121. The van der Waals surface area contributed by atoms with Gasteiger partial charge in [0.25, 0.3) is 0 Å². The maximum Gasteiger partial charge on any atom is 2.00 e. The molecule has 0 saturated heterocycles. The molecular formula is H19MgNaO11S. The van der Waals surface area contributed by atoms with Crippen LogP contribution >= 0.6 is 0 Å². The second-order valence-electron chi connectivity index (χ2n) is 0.448. The van der Waals surface area contributed by atoms with Crippen LogP contribution in [0, 0.1) is 0 Å². The van der Waals surface area contributed by atoms with Crippen molar-refractivity contribution in [2.45, 2.75) is 0 Å². The van der Waals surface area contributed by atoms with Gasteiger partial charge in [0.1, 0.15) is 0 Å². The molecule has 16 N–H and O–H groups in total. The Morgan fingerprint density at radius 3 is 0.714 bits per heavy atom. The molecular weight excluding hydrogens is 255 g/mol. The van der Waals surface area contributed by atoms with E-state index in [-0.39, 0.29) is 95.2 Å². The Morgan fingerprint density at radius 2 is 0.714 bits per heavy atom. The van der Waals surface area contributed by atoms with Gasteiger partial charge in [-0.2, -0.15) is 8.42 Å². The van der Waals surface area contributed by atoms with Crippen molar-refractivity contribution in [2.24, 2.45) is 0 Å². The third-order valence-corrected chi connectivity index (χ3v) is 0. The van der Waals surface area contributed by atoms with E-state index >= 15 is 0 Å². The van der Waals surface area contributed by atoms with E-state index in [4.69, 9.17) is 17.5 Å². The summed E-state index contributed by atoms with van der Waals surface area (Å²) in [6, 6.07) is 0. The summed E-state index contributed by atoms with van der Waals surface area (Å²) in [5, 5.41) is 0. The molecule has 94 valence electrons. The zero-order chi connectivity index (χ0) is 4.50. The predicted octanol–water partition coefficient (Wildman–Crippen LogP) is -9.46. The number of rotatable bonds is 0. The van der Waals surface area contributed by atoms with E-state index in [9.17, 15) is 0 Å². The van der Waals surface area contributed by atoms with E-state index in [1.807, 2.05) is 0 Å². The van der Waals surface area contributed by atoms with Crippen LogP contribution < -0.4 is 29.6 Å². The van der Waals surface area contributed by atoms with Crippen LogP contribution in [0.1, 0.15) is 4.28 Å². The number of hydrogen-bond donors (Lipinski definition) is 2. The van der Waals surface area contributed by atoms with E-state index < -0.39 is 10.4 Å². The Hall–Kier alpha value is 1.36. The molecule has 0 fully saturated rings. The molecule has 0 radical (unpaired) electrons. The quantitative estimate of drug-likeness (QED) is 0.320. The van der Waals surface area contributed by atoms with Crippen LogP contribution in [0.15, 0.2) is 0 Å². The minimum absolute atomic E-state index is 0. The zero-order valence-corrected chi connectivity index (χ0v) is 11.6. The summed E-state index contributed by atoms with van der Waals surface area (Å²) in [4.78, 5) is 0. The summed E-state index contributed by atoms with van der Waals surface area (Å²) >= 11 is 0. The molecule has 11 nitrogen and oxygen atoms in total. The van der Waals surface area contributed by atoms with Crippen LogP contribution in [-0.2, 0) is 10.4 Å². The van der Waals surface area contributed by atoms with Gasteiger partial charge in [-0.3, -0.25) is 9.11 Å². The monoisotopic (exact) mass is 274 g/mol. The van der Waals surface area contributed by atoms with Crippen molar-refractivity contribution in [2.75, 3.05) is 0 Å². The Morgan fingerprint density at radius 1 is 0.714 bits per heavy atom. The van der Waals surface area contributed by atoms with Crippen LogP contribution in [0.5, 0.6) is 0 Å². The Labute approximate surface area is 123 Å². The molecule has 0 heterocycles. The molecule has 0 aromatic rings. The Bertz CT molecular complexity index is 110. The predicted molar refractivity (Wildman–Crippen MR) is 48.6 cm³/mol. The van der Waals surface area contributed by atoms with Gasteiger partial charge in [0.15, 0.2) is 0 Å². The van der Waals surface area contributed by atoms with Gasteiger partial charge < -0.3 is 42.6 Å². The molecule has 0 unspecified atom stereocenters. The largest absolute Gasteiger partial charge is 2.00 e. The smallest absolute Gasteiger partial charge is 1.00 e. The fraction of sp³-hybridized carbons (Fsp3) is 0. The van der Waals surface area contributed by atoms with Crippen molar-refractivity contribution in [1.82, 2.24) is 0 Å². The molecule has 14 heteroatoms. The van der Waals surface area contributed by atoms with E-state index in [1.165, 1.54) is 0 Å². The van der Waals surface area contributed by atoms with E-state index in [1.54, 1.807) is 0 Å². The van der Waals surface area contributed by atoms with Crippen molar-refractivity contribution in [3.05, 3.63) is 0 Å². The topological polar surface area (TPSA) is 295 Å². The molecule has 0 amide bonds. The molecule has 14 heavy (non-hydrogen) atoms. The van der Waals surface area contributed by atoms with Crippen LogP contribution in [0.2, 0.25) is 0 Å². The minimum atomic E-state index is -4.67. The average molecular weight is 275 g/mol. The first-order chi connectivity index (χ1) is 2.00. The molecule has 0 bridgehead atoms. The van der Waals surface area contributed by atoms with Gasteiger partial charge in [0, 0.05) is 0 Å². The first kappa shape index (κ1) is 110. The van der Waals surface area contributed by atoms with Crippen molar-refractivity contribution >= 4 is 33.5 Å². The second kappa shape index (κ2) is 47.3. The van der Waals surface area contributed by atoms with Gasteiger partial charge in [-0.05, 0) is 0 Å². The molecule has 0 aromatic heterocycles. The fourth-order valence-electron chi connectivity index (χ4n) is 0. The fourth-order valence-corrected chi connectivity index (χ4v) is 0. The molecule has 0 aliphatic rings. The molecule has 0 atom stereocenters. The number of hydrogen-bond acceptors (Lipinski definition) is 2. The maximum absolute atomic E-state index is 8.74. The third-order valence-electron chi connectivity index (χ3n) is 0. The van der Waals surface area contributed by atoms with Crippen molar-refractivity contribution in [1.29, 1.82) is 0 Å². The molecule has 0 aliphatic heterocycles. The zero-order valence-electron chi connectivity index (χ0n) is 10.3. The maximum atomic E-state index is 8.74. The normalized spacial score (nSPS) is 4.14. The van der Waals surface area contributed by atoms with E-state index in [0.29, 0.717) is 0 Å². The van der Waals surface area contributed by atoms with Crippen molar-refractivity contribution in [3.8, 4) is 0 Å². The summed E-state index contributed by atoms with van der Waals surface area (Å²) in [5.41, 5.74) is 0. The summed E-state index contributed by atoms with van der Waals surface area (Å²) < 4.78 is 31.6. The van der Waals surface area contributed by atoms with E-state index in [2.05, 4.69) is 0 Å². The standard InChI is InChI=1S/Mg.Na.H2O4S.7H2O.3H/c;;1-5(2,3)4;;;;;;;;;;/h;;(H2,1,2,3,4);7*1H2;;;/q+2;+1;;;;;;;;;3*-1. The first-order valence-corrected chi connectivity index (χ1v) is 2.10. The van der Waals surface area contributed by atoms with Crippen LogP contribution in [0.4, 0.5) is 0 Å². The summed E-state index contributed by atoms with van der Waals surface area (Å²) in [6.45, 7) is 0. The average Bonchev–Trinajstić information content (AvgIpc) is 0.722. The van der Waals surface area contributed by atoms with Gasteiger partial charge in [-0.25, -0.2) is 0 Å². The molecule has 0 aromatic carbocycles. The third kappa shape index (κ3) is 1110. The van der Waals surface area contributed by atoms with Gasteiger partial charge in [0.05, 0.1) is 0 Å². The molecule has 0 aliphatic carbocycles. The van der Waals surface area contributed by atoms with Gasteiger partial charge in [0.2, 0.25) is 0 Å². The van der Waals surface area contributed by atoms with Crippen molar-refractivity contribution in [3.63, 3.8) is 0 Å². The van der Waals surface area contributed by atoms with Crippen LogP contribution in [0.3, 0.4) is 0 Å². The van der Waals surface area contributed by atoms with Crippen LogP contribution in [0.25, 0.3) is 0 Å². The van der Waals surface area contributed by atoms with Gasteiger partial charge >= 0.3 is 63.0 Å². The molecule has 0 spiro atoms. The first-order valence-electron chi connectivity index (χ1n) is 0.698. The summed E-state index contributed by atoms with van der Waals surface area (Å²) in [7, 11) is -4.67. The second-order valence-corrected chi connectivity index (χ2v) is 1.34. The summed E-state index contributed by atoms with van der Waals surface area (Å²) in [6.07, 6.45) is 0. The Kier molecular flexibility index (Phi) is 373. The van der Waals surface area contributed by atoms with Gasteiger partial charge in [-0.15, -0.1) is 0 Å². The van der Waals surface area contributed by atoms with Gasteiger partial charge in [-0.1, -0.05) is 0 Å². The van der Waals surface area contributed by atoms with Crippen LogP contribution in [-0.4, -0.2) is 78.9 Å². The van der Waals surface area contributed by atoms with E-state index in [0.717, 1.165) is 0 Å². The molecule has 0 rings (SSSR count). The van der Waals surface area contributed by atoms with Crippen molar-refractivity contribution < 1.29 is 89.7 Å².